The standard InChI is InChI=1S/C50H39N7/c1-3-16-34(17-4-2)33-52-49(36-18-7-5-8-19-36)55-48(51)45-42-25-11-13-26-43(42)53-50(54-45)37-20-15-23-39(32-37)57-44-27-14-12-24-40(44)41-29-28-35-30-31-56(46(35)47(41)57)38-21-9-6-10-22-38/h3-32H,1,33H2,2H3,(H2,51,52,55)/b17-4-,34-16+. The Hall–Kier alpha value is -7.64. The summed E-state index contributed by atoms with van der Waals surface area (Å²) in [6, 6.07) is 51.9. The number of rotatable bonds is 9. The van der Waals surface area contributed by atoms with Gasteiger partial charge in [0.2, 0.25) is 0 Å². The number of allylic oxidation sites excluding steroid dienone is 3. The van der Waals surface area contributed by atoms with Crippen LogP contribution in [0.4, 0.5) is 0 Å². The predicted molar refractivity (Wildman–Crippen MR) is 238 cm³/mol. The molecular weight excluding hydrogens is 699 g/mol. The van der Waals surface area contributed by atoms with Crippen molar-refractivity contribution in [3.8, 4) is 22.8 Å². The van der Waals surface area contributed by atoms with E-state index in [1.54, 1.807) is 6.08 Å². The molecular formula is C50H39N7. The van der Waals surface area contributed by atoms with Gasteiger partial charge in [-0.2, -0.15) is 0 Å². The van der Waals surface area contributed by atoms with Crippen molar-refractivity contribution in [1.82, 2.24) is 19.1 Å². The molecule has 0 fully saturated rings. The number of nitrogens with two attached hydrogens (primary N) is 1. The molecule has 0 spiro atoms. The van der Waals surface area contributed by atoms with Gasteiger partial charge in [-0.1, -0.05) is 140 Å². The zero-order valence-electron chi connectivity index (χ0n) is 31.5. The summed E-state index contributed by atoms with van der Waals surface area (Å²) in [6.07, 6.45) is 9.86. The highest BCUT2D eigenvalue weighted by Gasteiger charge is 2.19. The number of amidine groups is 2. The molecule has 3 aromatic heterocycles. The molecule has 9 aromatic rings. The molecule has 7 nitrogen and oxygen atoms in total. The van der Waals surface area contributed by atoms with Gasteiger partial charge in [0.1, 0.15) is 5.69 Å². The molecule has 274 valence electrons. The molecule has 0 unspecified atom stereocenters. The third kappa shape index (κ3) is 6.61. The van der Waals surface area contributed by atoms with Crippen LogP contribution < -0.4 is 5.73 Å². The molecule has 0 radical (unpaired) electrons. The van der Waals surface area contributed by atoms with Crippen LogP contribution in [0.5, 0.6) is 0 Å². The largest absolute Gasteiger partial charge is 0.382 e. The van der Waals surface area contributed by atoms with Gasteiger partial charge in [0, 0.05) is 50.2 Å². The molecule has 0 saturated heterocycles. The Morgan fingerprint density at radius 3 is 2.26 bits per heavy atom. The molecule has 0 atom stereocenters. The van der Waals surface area contributed by atoms with E-state index in [1.165, 1.54) is 10.8 Å². The second-order valence-corrected chi connectivity index (χ2v) is 13.7. The van der Waals surface area contributed by atoms with Crippen LogP contribution in [0.2, 0.25) is 0 Å². The fraction of sp³-hybridized carbons (Fsp3) is 0.0400. The average Bonchev–Trinajstić information content (AvgIpc) is 3.85. The van der Waals surface area contributed by atoms with E-state index in [0.717, 1.165) is 60.9 Å². The minimum atomic E-state index is 0.250. The van der Waals surface area contributed by atoms with Crippen LogP contribution in [0, 0.1) is 0 Å². The molecule has 2 N–H and O–H groups in total. The van der Waals surface area contributed by atoms with Gasteiger partial charge in [-0.05, 0) is 55.0 Å². The molecule has 0 saturated carbocycles. The molecule has 6 aromatic carbocycles. The van der Waals surface area contributed by atoms with Crippen LogP contribution in [0.15, 0.2) is 204 Å². The fourth-order valence-electron chi connectivity index (χ4n) is 7.57. The number of nitrogens with zero attached hydrogens (tertiary/aromatic N) is 6. The van der Waals surface area contributed by atoms with Crippen molar-refractivity contribution in [2.24, 2.45) is 15.7 Å². The van der Waals surface area contributed by atoms with E-state index in [4.69, 9.17) is 25.7 Å². The van der Waals surface area contributed by atoms with E-state index in [2.05, 4.69) is 107 Å². The molecule has 0 bridgehead atoms. The van der Waals surface area contributed by atoms with E-state index in [0.29, 0.717) is 23.9 Å². The lowest BCUT2D eigenvalue weighted by Gasteiger charge is -2.13. The van der Waals surface area contributed by atoms with Gasteiger partial charge < -0.3 is 14.9 Å². The maximum Gasteiger partial charge on any atom is 0.160 e. The van der Waals surface area contributed by atoms with Crippen LogP contribution >= 0.6 is 0 Å². The summed E-state index contributed by atoms with van der Waals surface area (Å²) in [7, 11) is 0. The lowest BCUT2D eigenvalue weighted by Crippen LogP contribution is -2.19. The Bertz CT molecular complexity index is 3070. The highest BCUT2D eigenvalue weighted by atomic mass is 15.0. The summed E-state index contributed by atoms with van der Waals surface area (Å²) in [5.74, 6) is 1.31. The number of para-hydroxylation sites is 3. The highest BCUT2D eigenvalue weighted by molar-refractivity contribution is 6.18. The molecule has 9 rings (SSSR count). The molecule has 7 heteroatoms. The number of fused-ring (bicyclic) bond motifs is 6. The van der Waals surface area contributed by atoms with E-state index in [1.807, 2.05) is 91.9 Å². The van der Waals surface area contributed by atoms with E-state index in [-0.39, 0.29) is 5.84 Å². The van der Waals surface area contributed by atoms with Crippen LogP contribution in [0.1, 0.15) is 18.2 Å². The quantitative estimate of drug-likeness (QED) is 0.0909. The summed E-state index contributed by atoms with van der Waals surface area (Å²) in [6.45, 7) is 6.25. The number of hydrogen-bond acceptors (Lipinski definition) is 3. The highest BCUT2D eigenvalue weighted by Crippen LogP contribution is 2.38. The minimum Gasteiger partial charge on any atom is -0.382 e. The predicted octanol–water partition coefficient (Wildman–Crippen LogP) is 11.2. The summed E-state index contributed by atoms with van der Waals surface area (Å²) < 4.78 is 4.64. The number of benzene rings is 6. The third-order valence-corrected chi connectivity index (χ3v) is 10.1. The molecule has 3 heterocycles. The Morgan fingerprint density at radius 2 is 1.46 bits per heavy atom. The van der Waals surface area contributed by atoms with Crippen molar-refractivity contribution in [1.29, 1.82) is 0 Å². The molecule has 0 aliphatic carbocycles. The molecule has 0 aliphatic rings. The van der Waals surface area contributed by atoms with E-state index < -0.39 is 0 Å². The van der Waals surface area contributed by atoms with Crippen molar-refractivity contribution >= 4 is 55.3 Å². The van der Waals surface area contributed by atoms with Gasteiger partial charge in [0.15, 0.2) is 17.5 Å². The van der Waals surface area contributed by atoms with E-state index >= 15 is 0 Å². The smallest absolute Gasteiger partial charge is 0.160 e. The van der Waals surface area contributed by atoms with Gasteiger partial charge in [0.25, 0.3) is 0 Å². The summed E-state index contributed by atoms with van der Waals surface area (Å²) in [4.78, 5) is 20.1. The van der Waals surface area contributed by atoms with Crippen LogP contribution in [0.3, 0.4) is 0 Å². The normalized spacial score (nSPS) is 12.8. The second-order valence-electron chi connectivity index (χ2n) is 13.7. The van der Waals surface area contributed by atoms with Crippen LogP contribution in [-0.2, 0) is 0 Å². The lowest BCUT2D eigenvalue weighted by molar-refractivity contribution is 1.11. The summed E-state index contributed by atoms with van der Waals surface area (Å²) >= 11 is 0. The first kappa shape index (κ1) is 35.1. The molecule has 0 aliphatic heterocycles. The van der Waals surface area contributed by atoms with Crippen LogP contribution in [0.25, 0.3) is 66.4 Å². The first-order valence-corrected chi connectivity index (χ1v) is 19.0. The summed E-state index contributed by atoms with van der Waals surface area (Å²) in [5.41, 5.74) is 16.4. The van der Waals surface area contributed by atoms with Gasteiger partial charge in [-0.15, -0.1) is 0 Å². The van der Waals surface area contributed by atoms with Gasteiger partial charge in [-0.25, -0.2) is 15.0 Å². The van der Waals surface area contributed by atoms with E-state index in [9.17, 15) is 0 Å². The maximum atomic E-state index is 6.93. The topological polar surface area (TPSA) is 86.4 Å². The van der Waals surface area contributed by atoms with Gasteiger partial charge >= 0.3 is 0 Å². The number of aromatic nitrogens is 4. The van der Waals surface area contributed by atoms with Gasteiger partial charge in [-0.3, -0.25) is 4.99 Å². The first-order chi connectivity index (χ1) is 28.1. The van der Waals surface area contributed by atoms with Crippen molar-refractivity contribution in [2.45, 2.75) is 6.92 Å². The number of aliphatic imine (C=N–C) groups is 2. The zero-order valence-corrected chi connectivity index (χ0v) is 31.5. The van der Waals surface area contributed by atoms with Crippen molar-refractivity contribution < 1.29 is 0 Å². The minimum absolute atomic E-state index is 0.250. The Labute approximate surface area is 330 Å². The monoisotopic (exact) mass is 737 g/mol. The van der Waals surface area contributed by atoms with Crippen LogP contribution in [-0.4, -0.2) is 37.3 Å². The maximum absolute atomic E-state index is 6.93. The Balaban J connectivity index is 1.21. The SMILES string of the molecule is C=C/C=C(\C=C/C)CN=C(N=C(N)c1nc(-c2cccc(-n3c4ccccc4c4ccc5ccn(-c6ccccc6)c5c43)c2)nc2ccccc12)c1ccccc1. The Morgan fingerprint density at radius 1 is 0.719 bits per heavy atom. The first-order valence-electron chi connectivity index (χ1n) is 19.0. The number of hydrogen-bond donors (Lipinski definition) is 1. The Kier molecular flexibility index (Phi) is 9.38. The lowest BCUT2D eigenvalue weighted by atomic mass is 10.1. The molecule has 0 amide bonds. The molecule has 57 heavy (non-hydrogen) atoms. The zero-order chi connectivity index (χ0) is 38.7. The third-order valence-electron chi connectivity index (χ3n) is 10.1. The van der Waals surface area contributed by atoms with Crippen molar-refractivity contribution in [3.63, 3.8) is 0 Å². The van der Waals surface area contributed by atoms with Gasteiger partial charge in [0.05, 0.1) is 28.6 Å². The summed E-state index contributed by atoms with van der Waals surface area (Å²) in [5, 5.41) is 4.33. The van der Waals surface area contributed by atoms with Crippen molar-refractivity contribution in [2.75, 3.05) is 6.54 Å². The average molecular weight is 738 g/mol. The second kappa shape index (κ2) is 15.2. The van der Waals surface area contributed by atoms with Crippen molar-refractivity contribution in [3.05, 3.63) is 206 Å². The fourth-order valence-corrected chi connectivity index (χ4v) is 7.57.